The Morgan fingerprint density at radius 2 is 1.59 bits per heavy atom. The van der Waals surface area contributed by atoms with Gasteiger partial charge < -0.3 is 14.8 Å². The molecule has 1 rings (SSSR count). The summed E-state index contributed by atoms with van der Waals surface area (Å²) in [4.78, 5) is 11.3. The van der Waals surface area contributed by atoms with Gasteiger partial charge in [-0.2, -0.15) is 17.6 Å². The fourth-order valence-corrected chi connectivity index (χ4v) is 1.38. The van der Waals surface area contributed by atoms with Crippen LogP contribution < -0.4 is 10.1 Å². The highest BCUT2D eigenvalue weighted by Crippen LogP contribution is 2.35. The molecule has 0 fully saturated rings. The highest BCUT2D eigenvalue weighted by Gasteiger charge is 2.63. The van der Waals surface area contributed by atoms with E-state index in [1.165, 1.54) is 0 Å². The van der Waals surface area contributed by atoms with E-state index in [4.69, 9.17) is 0 Å². The second kappa shape index (κ2) is 6.21. The van der Waals surface area contributed by atoms with Crippen molar-refractivity contribution in [2.45, 2.75) is 17.6 Å². The molecule has 4 nitrogen and oxygen atoms in total. The largest absolute Gasteiger partial charge is 0.487 e. The molecule has 1 aromatic carbocycles. The minimum atomic E-state index is -5.60. The van der Waals surface area contributed by atoms with E-state index >= 15 is 0 Å². The smallest absolute Gasteiger partial charge is 0.420 e. The monoisotopic (exact) mass is 351 g/mol. The van der Waals surface area contributed by atoms with Crippen LogP contribution in [0.2, 0.25) is 0 Å². The molecule has 0 saturated heterocycles. The van der Waals surface area contributed by atoms with Gasteiger partial charge >= 0.3 is 17.6 Å². The van der Waals surface area contributed by atoms with Crippen LogP contribution in [0.5, 0.6) is 5.75 Å². The Labute approximate surface area is 124 Å². The predicted octanol–water partition coefficient (Wildman–Crippen LogP) is 3.67. The van der Waals surface area contributed by atoms with Crippen molar-refractivity contribution in [1.29, 1.82) is 0 Å². The summed E-state index contributed by atoms with van der Waals surface area (Å²) in [6.07, 6.45) is -5.60. The van der Waals surface area contributed by atoms with Crippen LogP contribution in [-0.4, -0.2) is 30.6 Å². The fraction of sp³-hybridized carbons (Fsp3) is 0.364. The van der Waals surface area contributed by atoms with Gasteiger partial charge in [0, 0.05) is 24.4 Å². The summed E-state index contributed by atoms with van der Waals surface area (Å²) in [6, 6.07) is 3.57. The molecule has 0 bridgehead atoms. The number of methoxy groups -OCH3 is 1. The van der Waals surface area contributed by atoms with Crippen LogP contribution >= 0.6 is 11.6 Å². The molecule has 22 heavy (non-hydrogen) atoms. The third kappa shape index (κ3) is 4.41. The molecule has 0 aromatic heterocycles. The normalized spacial score (nSPS) is 15.1. The number of anilines is 1. The van der Waals surface area contributed by atoms with Gasteiger partial charge in [0.05, 0.1) is 0 Å². The third-order valence-electron chi connectivity index (χ3n) is 2.28. The standard InChI is InChI=1S/C11H8ClF6NO3/c1-21-9(13,10(14,15)16)8(20)19-6-2-4-7(5-3-6)22-11(12,17)18/h2-5H,1H3,(H,19,20). The quantitative estimate of drug-likeness (QED) is 0.650. The average Bonchev–Trinajstić information content (AvgIpc) is 2.36. The zero-order chi connectivity index (χ0) is 17.2. The predicted molar refractivity (Wildman–Crippen MR) is 63.4 cm³/mol. The van der Waals surface area contributed by atoms with Crippen LogP contribution in [0.15, 0.2) is 24.3 Å². The Morgan fingerprint density at radius 1 is 1.09 bits per heavy atom. The average molecular weight is 352 g/mol. The van der Waals surface area contributed by atoms with Gasteiger partial charge in [-0.05, 0) is 24.3 Å². The van der Waals surface area contributed by atoms with Gasteiger partial charge in [-0.25, -0.2) is 0 Å². The molecule has 124 valence electrons. The number of ether oxygens (including phenoxy) is 2. The van der Waals surface area contributed by atoms with Gasteiger partial charge in [0.15, 0.2) is 0 Å². The molecule has 0 saturated carbocycles. The van der Waals surface area contributed by atoms with Gasteiger partial charge in [-0.15, -0.1) is 8.78 Å². The molecule has 1 atom stereocenters. The topological polar surface area (TPSA) is 47.6 Å². The van der Waals surface area contributed by atoms with Gasteiger partial charge in [-0.3, -0.25) is 4.79 Å². The zero-order valence-corrected chi connectivity index (χ0v) is 11.4. The van der Waals surface area contributed by atoms with Gasteiger partial charge in [0.25, 0.3) is 5.91 Å². The number of halogens is 7. The zero-order valence-electron chi connectivity index (χ0n) is 10.7. The van der Waals surface area contributed by atoms with Crippen molar-refractivity contribution in [2.75, 3.05) is 12.4 Å². The van der Waals surface area contributed by atoms with Crippen molar-refractivity contribution in [1.82, 2.24) is 0 Å². The Morgan fingerprint density at radius 3 is 1.95 bits per heavy atom. The second-order valence-electron chi connectivity index (χ2n) is 3.82. The summed E-state index contributed by atoms with van der Waals surface area (Å²) in [5.74, 6) is -7.10. The lowest BCUT2D eigenvalue weighted by molar-refractivity contribution is -0.305. The maximum atomic E-state index is 13.5. The minimum Gasteiger partial charge on any atom is -0.420 e. The molecule has 1 amide bonds. The van der Waals surface area contributed by atoms with Crippen molar-refractivity contribution >= 4 is 23.2 Å². The van der Waals surface area contributed by atoms with Gasteiger partial charge in [0.1, 0.15) is 5.75 Å². The van der Waals surface area contributed by atoms with E-state index in [0.717, 1.165) is 24.3 Å². The van der Waals surface area contributed by atoms with Gasteiger partial charge in [-0.1, -0.05) is 0 Å². The highest BCUT2D eigenvalue weighted by atomic mass is 35.5. The SMILES string of the molecule is COC(F)(C(=O)Nc1ccc(OC(F)(F)Cl)cc1)C(F)(F)F. The van der Waals surface area contributed by atoms with E-state index in [1.54, 1.807) is 5.32 Å². The lowest BCUT2D eigenvalue weighted by Gasteiger charge is -2.24. The number of carbonyl (C=O) groups is 1. The Balaban J connectivity index is 2.85. The number of carbonyl (C=O) groups excluding carboxylic acids is 1. The molecule has 0 aliphatic rings. The molecule has 0 heterocycles. The van der Waals surface area contributed by atoms with Crippen LogP contribution in [0.1, 0.15) is 0 Å². The number of rotatable bonds is 5. The number of hydrogen-bond donors (Lipinski definition) is 1. The first-order valence-corrected chi connectivity index (χ1v) is 5.75. The first-order valence-electron chi connectivity index (χ1n) is 5.37. The van der Waals surface area contributed by atoms with E-state index in [1.807, 2.05) is 0 Å². The number of amides is 1. The molecule has 1 aromatic rings. The van der Waals surface area contributed by atoms with E-state index in [2.05, 4.69) is 21.1 Å². The summed E-state index contributed by atoms with van der Waals surface area (Å²) < 4.78 is 83.0. The highest BCUT2D eigenvalue weighted by molar-refractivity contribution is 6.20. The summed E-state index contributed by atoms with van der Waals surface area (Å²) in [5.41, 5.74) is -4.29. The maximum absolute atomic E-state index is 13.5. The molecular formula is C11H8ClF6NO3. The lowest BCUT2D eigenvalue weighted by atomic mass is 10.2. The van der Waals surface area contributed by atoms with Gasteiger partial charge in [0.2, 0.25) is 0 Å². The van der Waals surface area contributed by atoms with Crippen LogP contribution in [0, 0.1) is 0 Å². The van der Waals surface area contributed by atoms with Crippen molar-refractivity contribution in [2.24, 2.45) is 0 Å². The second-order valence-corrected chi connectivity index (χ2v) is 4.26. The van der Waals surface area contributed by atoms with Crippen molar-refractivity contribution in [3.05, 3.63) is 24.3 Å². The van der Waals surface area contributed by atoms with E-state index in [0.29, 0.717) is 7.11 Å². The summed E-state index contributed by atoms with van der Waals surface area (Å²) >= 11 is 4.50. The molecule has 0 radical (unpaired) electrons. The summed E-state index contributed by atoms with van der Waals surface area (Å²) in [6.45, 7) is 0. The molecule has 1 N–H and O–H groups in total. The van der Waals surface area contributed by atoms with Crippen LogP contribution in [0.4, 0.5) is 32.0 Å². The molecule has 0 aliphatic carbocycles. The minimum absolute atomic E-state index is 0.307. The van der Waals surface area contributed by atoms with Crippen molar-refractivity contribution in [3.63, 3.8) is 0 Å². The van der Waals surface area contributed by atoms with Crippen LogP contribution in [0.3, 0.4) is 0 Å². The van der Waals surface area contributed by atoms with Crippen molar-refractivity contribution < 1.29 is 40.6 Å². The molecular weight excluding hydrogens is 344 g/mol. The summed E-state index contributed by atoms with van der Waals surface area (Å²) in [5, 5.41) is 1.60. The molecule has 11 heteroatoms. The summed E-state index contributed by atoms with van der Waals surface area (Å²) in [7, 11) is 0.368. The van der Waals surface area contributed by atoms with Crippen molar-refractivity contribution in [3.8, 4) is 5.75 Å². The number of nitrogens with one attached hydrogen (secondary N) is 1. The lowest BCUT2D eigenvalue weighted by Crippen LogP contribution is -2.52. The van der Waals surface area contributed by atoms with Crippen LogP contribution in [-0.2, 0) is 9.53 Å². The van der Waals surface area contributed by atoms with E-state index in [9.17, 15) is 31.1 Å². The molecule has 0 spiro atoms. The van der Waals surface area contributed by atoms with E-state index in [-0.39, 0.29) is 5.69 Å². The maximum Gasteiger partial charge on any atom is 0.487 e. The van der Waals surface area contributed by atoms with Crippen LogP contribution in [0.25, 0.3) is 0 Å². The number of alkyl halides is 7. The first kappa shape index (κ1) is 18.4. The Kier molecular flexibility index (Phi) is 5.18. The third-order valence-corrected chi connectivity index (χ3v) is 2.36. The van der Waals surface area contributed by atoms with E-state index < -0.39 is 29.3 Å². The fourth-order valence-electron chi connectivity index (χ4n) is 1.29. The number of hydrogen-bond acceptors (Lipinski definition) is 3. The molecule has 1 unspecified atom stereocenters. The molecule has 0 aliphatic heterocycles. The first-order chi connectivity index (χ1) is 9.89. The Bertz CT molecular complexity index is 530. The Hall–Kier alpha value is -1.68. The number of benzene rings is 1.